The van der Waals surface area contributed by atoms with Crippen molar-refractivity contribution in [2.24, 2.45) is 0 Å². The zero-order valence-electron chi connectivity index (χ0n) is 19.9. The van der Waals surface area contributed by atoms with Crippen LogP contribution in [-0.4, -0.2) is 35.2 Å². The molecule has 1 N–H and O–H groups in total. The van der Waals surface area contributed by atoms with Gasteiger partial charge < -0.3 is 19.4 Å². The van der Waals surface area contributed by atoms with Crippen LogP contribution in [0.15, 0.2) is 88.4 Å². The third kappa shape index (κ3) is 5.60. The molecular formula is C27H27N3O4S. The Kier molecular flexibility index (Phi) is 7.62. The summed E-state index contributed by atoms with van der Waals surface area (Å²) in [5.74, 6) is -1.49. The molecule has 35 heavy (non-hydrogen) atoms. The quantitative estimate of drug-likeness (QED) is 0.464. The van der Waals surface area contributed by atoms with E-state index in [1.165, 1.54) is 24.0 Å². The molecule has 0 amide bonds. The second-order valence-electron chi connectivity index (χ2n) is 8.16. The molecule has 8 heteroatoms. The highest BCUT2D eigenvalue weighted by molar-refractivity contribution is 7.08. The van der Waals surface area contributed by atoms with Gasteiger partial charge in [0.15, 0.2) is 0 Å². The van der Waals surface area contributed by atoms with Gasteiger partial charge in [0.05, 0.1) is 30.5 Å². The van der Waals surface area contributed by atoms with Crippen LogP contribution in [0.3, 0.4) is 0 Å². The number of imidazole rings is 1. The van der Waals surface area contributed by atoms with Crippen molar-refractivity contribution in [3.05, 3.63) is 105 Å². The Hall–Kier alpha value is -3.91. The Morgan fingerprint density at radius 3 is 2.49 bits per heavy atom. The summed E-state index contributed by atoms with van der Waals surface area (Å²) in [5.41, 5.74) is 5.18. The van der Waals surface area contributed by atoms with Crippen LogP contribution in [-0.2, 0) is 25.6 Å². The minimum absolute atomic E-state index is 0.110. The topological polar surface area (TPSA) is 82.5 Å². The van der Waals surface area contributed by atoms with Crippen molar-refractivity contribution in [1.29, 1.82) is 0 Å². The van der Waals surface area contributed by atoms with Gasteiger partial charge in [0, 0.05) is 30.3 Å². The smallest absolute Gasteiger partial charge is 0.337 e. The van der Waals surface area contributed by atoms with Crippen LogP contribution >= 0.6 is 11.3 Å². The van der Waals surface area contributed by atoms with Crippen LogP contribution in [0.5, 0.6) is 0 Å². The molecule has 0 spiro atoms. The van der Waals surface area contributed by atoms with Crippen molar-refractivity contribution in [3.63, 3.8) is 0 Å². The molecular weight excluding hydrogens is 462 g/mol. The van der Waals surface area contributed by atoms with Gasteiger partial charge in [-0.05, 0) is 53.4 Å². The Morgan fingerprint density at radius 1 is 1.11 bits per heavy atom. The fourth-order valence-corrected chi connectivity index (χ4v) is 4.81. The van der Waals surface area contributed by atoms with Crippen LogP contribution in [0.1, 0.15) is 36.5 Å². The monoisotopic (exact) mass is 489 g/mol. The lowest BCUT2D eigenvalue weighted by atomic mass is 9.81. The highest BCUT2D eigenvalue weighted by Crippen LogP contribution is 2.39. The third-order valence-corrected chi connectivity index (χ3v) is 6.49. The Labute approximate surface area is 208 Å². The van der Waals surface area contributed by atoms with E-state index in [0.29, 0.717) is 22.5 Å². The van der Waals surface area contributed by atoms with Crippen LogP contribution in [0.2, 0.25) is 0 Å². The van der Waals surface area contributed by atoms with E-state index in [2.05, 4.69) is 22.4 Å². The first-order chi connectivity index (χ1) is 17.0. The molecule has 1 aromatic carbocycles. The fourth-order valence-electron chi connectivity index (χ4n) is 4.13. The molecule has 2 aromatic heterocycles. The van der Waals surface area contributed by atoms with Crippen molar-refractivity contribution in [2.75, 3.05) is 13.7 Å². The molecule has 1 aliphatic heterocycles. The number of dihydropyridines is 1. The first-order valence-electron chi connectivity index (χ1n) is 11.1. The van der Waals surface area contributed by atoms with Crippen LogP contribution in [0.25, 0.3) is 6.08 Å². The molecule has 3 heterocycles. The lowest BCUT2D eigenvalue weighted by molar-refractivity contribution is -0.138. The van der Waals surface area contributed by atoms with E-state index in [-0.39, 0.29) is 6.61 Å². The molecule has 0 bridgehead atoms. The molecule has 1 unspecified atom stereocenters. The number of allylic oxidation sites excluding steroid dienone is 2. The molecule has 0 saturated heterocycles. The number of rotatable bonds is 8. The van der Waals surface area contributed by atoms with Gasteiger partial charge in [-0.1, -0.05) is 30.3 Å². The van der Waals surface area contributed by atoms with Gasteiger partial charge in [-0.2, -0.15) is 11.3 Å². The summed E-state index contributed by atoms with van der Waals surface area (Å²) in [7, 11) is 1.34. The summed E-state index contributed by atoms with van der Waals surface area (Å²) < 4.78 is 12.6. The zero-order chi connectivity index (χ0) is 24.8. The Balaban J connectivity index is 1.43. The normalized spacial score (nSPS) is 15.9. The van der Waals surface area contributed by atoms with E-state index in [9.17, 15) is 9.59 Å². The number of hydrogen-bond donors (Lipinski definition) is 1. The first-order valence-corrected chi connectivity index (χ1v) is 12.1. The van der Waals surface area contributed by atoms with Gasteiger partial charge in [-0.25, -0.2) is 14.6 Å². The van der Waals surface area contributed by atoms with Gasteiger partial charge in [0.25, 0.3) is 0 Å². The molecule has 3 aromatic rings. The maximum Gasteiger partial charge on any atom is 0.337 e. The van der Waals surface area contributed by atoms with E-state index in [4.69, 9.17) is 9.47 Å². The lowest BCUT2D eigenvalue weighted by Crippen LogP contribution is -2.32. The molecule has 1 atom stereocenters. The lowest BCUT2D eigenvalue weighted by Gasteiger charge is -2.29. The molecule has 0 aliphatic carbocycles. The molecule has 7 nitrogen and oxygen atoms in total. The maximum atomic E-state index is 13.2. The molecule has 0 fully saturated rings. The number of hydrogen-bond acceptors (Lipinski definition) is 7. The summed E-state index contributed by atoms with van der Waals surface area (Å²) in [4.78, 5) is 29.8. The van der Waals surface area contributed by atoms with E-state index in [0.717, 1.165) is 17.7 Å². The Morgan fingerprint density at radius 2 is 1.86 bits per heavy atom. The summed E-state index contributed by atoms with van der Waals surface area (Å²) in [6, 6.07) is 10.1. The number of aromatic nitrogens is 2. The van der Waals surface area contributed by atoms with E-state index >= 15 is 0 Å². The number of carbonyl (C=O) groups excluding carboxylic acids is 2. The van der Waals surface area contributed by atoms with Crippen molar-refractivity contribution in [1.82, 2.24) is 14.9 Å². The molecule has 4 rings (SSSR count). The number of carbonyl (C=O) groups is 2. The second kappa shape index (κ2) is 11.0. The largest absolute Gasteiger partial charge is 0.466 e. The van der Waals surface area contributed by atoms with Crippen molar-refractivity contribution >= 4 is 29.4 Å². The summed E-state index contributed by atoms with van der Waals surface area (Å²) in [5, 5.41) is 7.00. The SMILES string of the molecule is COC(=O)C1=C(C)NC(C)=C(C(=O)OC/C=C/c2ccc(Cn3ccnc3)cc2)C1c1ccsc1. The number of benzene rings is 1. The zero-order valence-corrected chi connectivity index (χ0v) is 20.7. The highest BCUT2D eigenvalue weighted by atomic mass is 32.1. The van der Waals surface area contributed by atoms with Crippen LogP contribution in [0, 0.1) is 0 Å². The number of esters is 2. The predicted octanol–water partition coefficient (Wildman–Crippen LogP) is 4.66. The van der Waals surface area contributed by atoms with Crippen molar-refractivity contribution in [3.8, 4) is 0 Å². The summed E-state index contributed by atoms with van der Waals surface area (Å²) in [6.07, 6.45) is 9.19. The van der Waals surface area contributed by atoms with Crippen molar-refractivity contribution in [2.45, 2.75) is 26.3 Å². The second-order valence-corrected chi connectivity index (χ2v) is 8.94. The first kappa shape index (κ1) is 24.2. The third-order valence-electron chi connectivity index (χ3n) is 5.79. The van der Waals surface area contributed by atoms with Crippen molar-refractivity contribution < 1.29 is 19.1 Å². The number of nitrogens with one attached hydrogen (secondary N) is 1. The van der Waals surface area contributed by atoms with Crippen LogP contribution in [0.4, 0.5) is 0 Å². The van der Waals surface area contributed by atoms with Gasteiger partial charge in [-0.15, -0.1) is 0 Å². The number of nitrogens with zero attached hydrogens (tertiary/aromatic N) is 2. The molecule has 0 saturated carbocycles. The molecule has 180 valence electrons. The number of ether oxygens (including phenoxy) is 2. The van der Waals surface area contributed by atoms with Gasteiger partial charge >= 0.3 is 11.9 Å². The Bertz CT molecular complexity index is 1270. The standard InChI is InChI=1S/C27H27N3O4S/c1-18-23(26(31)33-3)25(22-10-14-35-16-22)24(19(2)29-18)27(32)34-13-4-5-20-6-8-21(9-7-20)15-30-12-11-28-17-30/h4-12,14,16-17,25,29H,13,15H2,1-3H3/b5-4+. The summed E-state index contributed by atoms with van der Waals surface area (Å²) in [6.45, 7) is 4.49. The average molecular weight is 490 g/mol. The molecule has 0 radical (unpaired) electrons. The van der Waals surface area contributed by atoms with E-state index in [1.807, 2.05) is 52.7 Å². The van der Waals surface area contributed by atoms with E-state index in [1.54, 1.807) is 25.5 Å². The fraction of sp³-hybridized carbons (Fsp3) is 0.222. The predicted molar refractivity (Wildman–Crippen MR) is 135 cm³/mol. The van der Waals surface area contributed by atoms with E-state index < -0.39 is 17.9 Å². The minimum atomic E-state index is -0.547. The number of methoxy groups -OCH3 is 1. The van der Waals surface area contributed by atoms with Crippen LogP contribution < -0.4 is 5.32 Å². The number of thiophene rings is 1. The molecule has 1 aliphatic rings. The maximum absolute atomic E-state index is 13.2. The highest BCUT2D eigenvalue weighted by Gasteiger charge is 2.37. The van der Waals surface area contributed by atoms with Gasteiger partial charge in [-0.3, -0.25) is 0 Å². The van der Waals surface area contributed by atoms with Gasteiger partial charge in [0.2, 0.25) is 0 Å². The van der Waals surface area contributed by atoms with Gasteiger partial charge in [0.1, 0.15) is 6.61 Å². The summed E-state index contributed by atoms with van der Waals surface area (Å²) >= 11 is 1.51. The average Bonchev–Trinajstić information content (AvgIpc) is 3.56. The minimum Gasteiger partial charge on any atom is -0.466 e.